The van der Waals surface area contributed by atoms with Crippen LogP contribution in [0.2, 0.25) is 0 Å². The molecule has 19 heavy (non-hydrogen) atoms. The summed E-state index contributed by atoms with van der Waals surface area (Å²) in [7, 11) is 0. The van der Waals surface area contributed by atoms with E-state index in [0.29, 0.717) is 12.1 Å². The summed E-state index contributed by atoms with van der Waals surface area (Å²) in [5, 5.41) is 3.34. The van der Waals surface area contributed by atoms with E-state index in [0.717, 1.165) is 44.2 Å². The molecule has 0 aromatic carbocycles. The molecule has 0 saturated carbocycles. The van der Waals surface area contributed by atoms with E-state index in [1.807, 2.05) is 6.07 Å². The van der Waals surface area contributed by atoms with Gasteiger partial charge in [0.1, 0.15) is 5.82 Å². The van der Waals surface area contributed by atoms with Crippen LogP contribution in [0.1, 0.15) is 32.9 Å². The van der Waals surface area contributed by atoms with Crippen LogP contribution < -0.4 is 5.32 Å². The minimum absolute atomic E-state index is 0.317. The Morgan fingerprint density at radius 3 is 3.05 bits per heavy atom. The zero-order valence-electron chi connectivity index (χ0n) is 12.2. The van der Waals surface area contributed by atoms with Crippen LogP contribution in [0.4, 0.5) is 5.82 Å². The standard InChI is InChI=1S/C15H25N3O/c1-4-8-16-15-7-5-6-14(17-15)10-18-9-13(3)19-11-12(18)2/h5-7,12-13H,4,8-11H2,1-3H3,(H,16,17). The van der Waals surface area contributed by atoms with Gasteiger partial charge in [0.15, 0.2) is 0 Å². The topological polar surface area (TPSA) is 37.4 Å². The van der Waals surface area contributed by atoms with E-state index in [-0.39, 0.29) is 0 Å². The van der Waals surface area contributed by atoms with Crippen LogP contribution in [-0.2, 0) is 11.3 Å². The maximum absolute atomic E-state index is 5.66. The fourth-order valence-electron chi connectivity index (χ4n) is 2.32. The third-order valence-corrected chi connectivity index (χ3v) is 3.46. The van der Waals surface area contributed by atoms with Gasteiger partial charge >= 0.3 is 0 Å². The number of nitrogens with one attached hydrogen (secondary N) is 1. The summed E-state index contributed by atoms with van der Waals surface area (Å²) >= 11 is 0. The lowest BCUT2D eigenvalue weighted by atomic mass is 10.2. The van der Waals surface area contributed by atoms with Gasteiger partial charge in [0.2, 0.25) is 0 Å². The molecule has 4 heteroatoms. The molecule has 0 bridgehead atoms. The Kier molecular flexibility index (Phi) is 5.16. The lowest BCUT2D eigenvalue weighted by molar-refractivity contribution is -0.0530. The van der Waals surface area contributed by atoms with Crippen molar-refractivity contribution in [3.05, 3.63) is 23.9 Å². The van der Waals surface area contributed by atoms with Gasteiger partial charge < -0.3 is 10.1 Å². The number of hydrogen-bond donors (Lipinski definition) is 1. The molecule has 0 aliphatic carbocycles. The molecule has 1 N–H and O–H groups in total. The Hall–Kier alpha value is -1.13. The van der Waals surface area contributed by atoms with Gasteiger partial charge in [-0.15, -0.1) is 0 Å². The molecule has 1 saturated heterocycles. The number of hydrogen-bond acceptors (Lipinski definition) is 4. The summed E-state index contributed by atoms with van der Waals surface area (Å²) in [6.45, 7) is 10.2. The second kappa shape index (κ2) is 6.87. The second-order valence-electron chi connectivity index (χ2n) is 5.36. The first-order valence-corrected chi connectivity index (χ1v) is 7.24. The third kappa shape index (κ3) is 4.18. The van der Waals surface area contributed by atoms with Gasteiger partial charge in [0, 0.05) is 25.7 Å². The highest BCUT2D eigenvalue weighted by Gasteiger charge is 2.23. The molecule has 2 heterocycles. The Bertz CT molecular complexity index is 397. The minimum Gasteiger partial charge on any atom is -0.376 e. The Labute approximate surface area is 116 Å². The predicted molar refractivity (Wildman–Crippen MR) is 78.3 cm³/mol. The number of pyridine rings is 1. The molecule has 2 rings (SSSR count). The van der Waals surface area contributed by atoms with Crippen molar-refractivity contribution in [2.45, 2.75) is 45.9 Å². The molecule has 1 aromatic rings. The molecule has 2 atom stereocenters. The van der Waals surface area contributed by atoms with Gasteiger partial charge in [-0.3, -0.25) is 4.90 Å². The summed E-state index contributed by atoms with van der Waals surface area (Å²) in [4.78, 5) is 7.11. The fourth-order valence-corrected chi connectivity index (χ4v) is 2.32. The molecule has 4 nitrogen and oxygen atoms in total. The van der Waals surface area contributed by atoms with Crippen LogP contribution >= 0.6 is 0 Å². The number of rotatable bonds is 5. The molecule has 1 aliphatic rings. The van der Waals surface area contributed by atoms with E-state index in [9.17, 15) is 0 Å². The highest BCUT2D eigenvalue weighted by atomic mass is 16.5. The largest absolute Gasteiger partial charge is 0.376 e. The van der Waals surface area contributed by atoms with E-state index >= 15 is 0 Å². The molecule has 2 unspecified atom stereocenters. The molecular formula is C15H25N3O. The van der Waals surface area contributed by atoms with Crippen molar-refractivity contribution in [3.8, 4) is 0 Å². The van der Waals surface area contributed by atoms with E-state index in [4.69, 9.17) is 4.74 Å². The third-order valence-electron chi connectivity index (χ3n) is 3.46. The summed E-state index contributed by atoms with van der Waals surface area (Å²) in [5.74, 6) is 0.980. The summed E-state index contributed by atoms with van der Waals surface area (Å²) in [6, 6.07) is 6.67. The summed E-state index contributed by atoms with van der Waals surface area (Å²) in [6.07, 6.45) is 1.43. The maximum atomic E-state index is 5.66. The number of aromatic nitrogens is 1. The van der Waals surface area contributed by atoms with Crippen molar-refractivity contribution in [2.24, 2.45) is 0 Å². The van der Waals surface area contributed by atoms with Gasteiger partial charge in [-0.1, -0.05) is 13.0 Å². The maximum Gasteiger partial charge on any atom is 0.126 e. The lowest BCUT2D eigenvalue weighted by Crippen LogP contribution is -2.46. The molecular weight excluding hydrogens is 238 g/mol. The average Bonchev–Trinajstić information content (AvgIpc) is 2.41. The van der Waals surface area contributed by atoms with E-state index in [1.54, 1.807) is 0 Å². The van der Waals surface area contributed by atoms with Crippen molar-refractivity contribution in [3.63, 3.8) is 0 Å². The molecule has 106 valence electrons. The van der Waals surface area contributed by atoms with Crippen LogP contribution in [-0.4, -0.2) is 41.7 Å². The van der Waals surface area contributed by atoms with E-state index < -0.39 is 0 Å². The van der Waals surface area contributed by atoms with Crippen LogP contribution in [0.3, 0.4) is 0 Å². The number of anilines is 1. The second-order valence-corrected chi connectivity index (χ2v) is 5.36. The van der Waals surface area contributed by atoms with Gasteiger partial charge in [0.25, 0.3) is 0 Å². The zero-order valence-corrected chi connectivity index (χ0v) is 12.2. The SMILES string of the molecule is CCCNc1cccc(CN2CC(C)OCC2C)n1. The quantitative estimate of drug-likeness (QED) is 0.885. The van der Waals surface area contributed by atoms with Crippen LogP contribution in [0, 0.1) is 0 Å². The minimum atomic E-state index is 0.317. The Morgan fingerprint density at radius 2 is 2.26 bits per heavy atom. The van der Waals surface area contributed by atoms with Crippen LogP contribution in [0.5, 0.6) is 0 Å². The first kappa shape index (κ1) is 14.3. The molecule has 1 fully saturated rings. The summed E-state index contributed by atoms with van der Waals surface area (Å²) < 4.78 is 5.66. The van der Waals surface area contributed by atoms with E-state index in [2.05, 4.69) is 48.1 Å². The zero-order chi connectivity index (χ0) is 13.7. The van der Waals surface area contributed by atoms with Crippen molar-refractivity contribution in [1.82, 2.24) is 9.88 Å². The molecule has 0 radical (unpaired) electrons. The highest BCUT2D eigenvalue weighted by Crippen LogP contribution is 2.15. The molecule has 1 aliphatic heterocycles. The Morgan fingerprint density at radius 1 is 1.42 bits per heavy atom. The van der Waals surface area contributed by atoms with Gasteiger partial charge in [-0.2, -0.15) is 0 Å². The van der Waals surface area contributed by atoms with Crippen molar-refractivity contribution < 1.29 is 4.74 Å². The van der Waals surface area contributed by atoms with Gasteiger partial charge in [-0.25, -0.2) is 4.98 Å². The lowest BCUT2D eigenvalue weighted by Gasteiger charge is -2.36. The first-order valence-electron chi connectivity index (χ1n) is 7.24. The normalized spacial score (nSPS) is 24.4. The van der Waals surface area contributed by atoms with Gasteiger partial charge in [0.05, 0.1) is 18.4 Å². The average molecular weight is 263 g/mol. The number of nitrogens with zero attached hydrogens (tertiary/aromatic N) is 2. The van der Waals surface area contributed by atoms with Crippen LogP contribution in [0.15, 0.2) is 18.2 Å². The smallest absolute Gasteiger partial charge is 0.126 e. The monoisotopic (exact) mass is 263 g/mol. The molecule has 0 amide bonds. The van der Waals surface area contributed by atoms with Crippen LogP contribution in [0.25, 0.3) is 0 Å². The molecule has 1 aromatic heterocycles. The fraction of sp³-hybridized carbons (Fsp3) is 0.667. The van der Waals surface area contributed by atoms with Crippen molar-refractivity contribution >= 4 is 5.82 Å². The highest BCUT2D eigenvalue weighted by molar-refractivity contribution is 5.35. The van der Waals surface area contributed by atoms with Gasteiger partial charge in [-0.05, 0) is 32.4 Å². The first-order chi connectivity index (χ1) is 9.19. The predicted octanol–water partition coefficient (Wildman–Crippen LogP) is 2.51. The Balaban J connectivity index is 1.97. The number of morpholine rings is 1. The summed E-state index contributed by atoms with van der Waals surface area (Å²) in [5.41, 5.74) is 1.13. The number of ether oxygens (including phenoxy) is 1. The van der Waals surface area contributed by atoms with Crippen molar-refractivity contribution in [1.29, 1.82) is 0 Å². The van der Waals surface area contributed by atoms with Crippen molar-refractivity contribution in [2.75, 3.05) is 25.0 Å². The molecule has 0 spiro atoms. The van der Waals surface area contributed by atoms with E-state index in [1.165, 1.54) is 0 Å².